The van der Waals surface area contributed by atoms with E-state index in [-0.39, 0.29) is 0 Å². The molecular formula is C20H31N3. The molecule has 3 fully saturated rings. The quantitative estimate of drug-likeness (QED) is 0.887. The number of piperazine rings is 1. The molecule has 0 bridgehead atoms. The van der Waals surface area contributed by atoms with Crippen molar-refractivity contribution in [2.45, 2.75) is 51.0 Å². The predicted molar refractivity (Wildman–Crippen MR) is 98.3 cm³/mol. The van der Waals surface area contributed by atoms with Crippen molar-refractivity contribution in [2.75, 3.05) is 42.9 Å². The highest BCUT2D eigenvalue weighted by Gasteiger charge is 2.25. The summed E-state index contributed by atoms with van der Waals surface area (Å²) in [5.74, 6) is 0.933. The number of rotatable bonds is 5. The molecule has 2 saturated carbocycles. The molecule has 0 unspecified atom stereocenters. The summed E-state index contributed by atoms with van der Waals surface area (Å²) in [6, 6.07) is 9.98. The van der Waals surface area contributed by atoms with Crippen LogP contribution in [-0.4, -0.2) is 43.7 Å². The molecule has 2 aliphatic carbocycles. The van der Waals surface area contributed by atoms with Gasteiger partial charge in [0.1, 0.15) is 0 Å². The minimum atomic E-state index is 0.875. The van der Waals surface area contributed by atoms with Crippen LogP contribution in [0.25, 0.3) is 0 Å². The Balaban J connectivity index is 1.27. The average Bonchev–Trinajstić information content (AvgIpc) is 3.46. The molecule has 0 atom stereocenters. The van der Waals surface area contributed by atoms with E-state index in [4.69, 9.17) is 0 Å². The van der Waals surface area contributed by atoms with Gasteiger partial charge in [-0.05, 0) is 55.9 Å². The van der Waals surface area contributed by atoms with Gasteiger partial charge in [0.15, 0.2) is 0 Å². The lowest BCUT2D eigenvalue weighted by atomic mass is 9.94. The van der Waals surface area contributed by atoms with E-state index in [0.717, 1.165) is 18.5 Å². The van der Waals surface area contributed by atoms with Gasteiger partial charge in [-0.15, -0.1) is 0 Å². The van der Waals surface area contributed by atoms with Crippen molar-refractivity contribution in [1.29, 1.82) is 0 Å². The van der Waals surface area contributed by atoms with Crippen molar-refractivity contribution in [1.82, 2.24) is 4.90 Å². The molecule has 1 aromatic carbocycles. The molecule has 0 radical (unpaired) electrons. The summed E-state index contributed by atoms with van der Waals surface area (Å²) in [7, 11) is 0. The second-order valence-electron chi connectivity index (χ2n) is 7.69. The van der Waals surface area contributed by atoms with Crippen molar-refractivity contribution >= 4 is 11.4 Å². The van der Waals surface area contributed by atoms with E-state index in [9.17, 15) is 0 Å². The van der Waals surface area contributed by atoms with E-state index in [1.807, 2.05) is 0 Å². The minimum absolute atomic E-state index is 0.875. The molecule has 1 aliphatic heterocycles. The van der Waals surface area contributed by atoms with Crippen LogP contribution in [0, 0.1) is 5.92 Å². The third-order valence-corrected chi connectivity index (χ3v) is 5.93. The van der Waals surface area contributed by atoms with E-state index < -0.39 is 0 Å². The third-order valence-electron chi connectivity index (χ3n) is 5.93. The van der Waals surface area contributed by atoms with Gasteiger partial charge in [0, 0.05) is 50.1 Å². The van der Waals surface area contributed by atoms with Crippen LogP contribution in [0.15, 0.2) is 24.3 Å². The first kappa shape index (κ1) is 15.3. The van der Waals surface area contributed by atoms with Crippen LogP contribution in [-0.2, 0) is 0 Å². The molecule has 126 valence electrons. The van der Waals surface area contributed by atoms with Gasteiger partial charge in [0.05, 0.1) is 0 Å². The fourth-order valence-electron chi connectivity index (χ4n) is 4.17. The molecule has 3 aliphatic rings. The summed E-state index contributed by atoms with van der Waals surface area (Å²) in [5, 5.41) is 3.56. The van der Waals surface area contributed by atoms with E-state index >= 15 is 0 Å². The maximum absolute atomic E-state index is 3.56. The van der Waals surface area contributed by atoms with Crippen molar-refractivity contribution in [2.24, 2.45) is 5.92 Å². The SMILES string of the molecule is c1cc(N2CCN(C3CCCCC3)CC2)ccc1NCC1CC1. The molecule has 3 nitrogen and oxygen atoms in total. The zero-order valence-electron chi connectivity index (χ0n) is 14.3. The Bertz CT molecular complexity index is 480. The predicted octanol–water partition coefficient (Wildman–Crippen LogP) is 3.96. The van der Waals surface area contributed by atoms with Gasteiger partial charge in [-0.2, -0.15) is 0 Å². The smallest absolute Gasteiger partial charge is 0.0368 e. The highest BCUT2D eigenvalue weighted by atomic mass is 15.3. The van der Waals surface area contributed by atoms with Crippen molar-refractivity contribution in [3.05, 3.63) is 24.3 Å². The van der Waals surface area contributed by atoms with Crippen LogP contribution in [0.2, 0.25) is 0 Å². The van der Waals surface area contributed by atoms with E-state index in [1.165, 1.54) is 82.5 Å². The number of hydrogen-bond donors (Lipinski definition) is 1. The fourth-order valence-corrected chi connectivity index (χ4v) is 4.17. The molecule has 23 heavy (non-hydrogen) atoms. The van der Waals surface area contributed by atoms with Gasteiger partial charge in [-0.25, -0.2) is 0 Å². The summed E-state index contributed by atoms with van der Waals surface area (Å²) in [6.07, 6.45) is 10.0. The number of benzene rings is 1. The first-order valence-electron chi connectivity index (χ1n) is 9.71. The lowest BCUT2D eigenvalue weighted by molar-refractivity contribution is 0.148. The summed E-state index contributed by atoms with van der Waals surface area (Å²) in [4.78, 5) is 5.31. The first-order valence-corrected chi connectivity index (χ1v) is 9.71. The van der Waals surface area contributed by atoms with Crippen molar-refractivity contribution < 1.29 is 0 Å². The highest BCUT2D eigenvalue weighted by Crippen LogP contribution is 2.29. The molecule has 4 rings (SSSR count). The van der Waals surface area contributed by atoms with Crippen LogP contribution >= 0.6 is 0 Å². The highest BCUT2D eigenvalue weighted by molar-refractivity contribution is 5.55. The van der Waals surface area contributed by atoms with E-state index in [2.05, 4.69) is 39.4 Å². The van der Waals surface area contributed by atoms with Gasteiger partial charge in [0.2, 0.25) is 0 Å². The maximum atomic E-state index is 3.56. The monoisotopic (exact) mass is 313 g/mol. The summed E-state index contributed by atoms with van der Waals surface area (Å²) < 4.78 is 0. The minimum Gasteiger partial charge on any atom is -0.385 e. The molecule has 1 N–H and O–H groups in total. The van der Waals surface area contributed by atoms with E-state index in [1.54, 1.807) is 0 Å². The van der Waals surface area contributed by atoms with Gasteiger partial charge in [-0.1, -0.05) is 19.3 Å². The molecule has 1 aromatic rings. The Kier molecular flexibility index (Phi) is 4.74. The molecule has 0 amide bonds. The Hall–Kier alpha value is -1.22. The molecule has 3 heteroatoms. The number of anilines is 2. The van der Waals surface area contributed by atoms with Gasteiger partial charge >= 0.3 is 0 Å². The molecule has 1 saturated heterocycles. The molecule has 1 heterocycles. The first-order chi connectivity index (χ1) is 11.4. The average molecular weight is 313 g/mol. The molecular weight excluding hydrogens is 282 g/mol. The molecule has 0 spiro atoms. The number of nitrogens with one attached hydrogen (secondary N) is 1. The zero-order valence-corrected chi connectivity index (χ0v) is 14.3. The van der Waals surface area contributed by atoms with Crippen molar-refractivity contribution in [3.8, 4) is 0 Å². The Labute approximate surface area is 141 Å². The molecule has 0 aromatic heterocycles. The van der Waals surface area contributed by atoms with Crippen molar-refractivity contribution in [3.63, 3.8) is 0 Å². The number of nitrogens with zero attached hydrogens (tertiary/aromatic N) is 2. The number of hydrogen-bond acceptors (Lipinski definition) is 3. The zero-order chi connectivity index (χ0) is 15.5. The Morgan fingerprint density at radius 1 is 0.826 bits per heavy atom. The van der Waals surface area contributed by atoms with Crippen LogP contribution < -0.4 is 10.2 Å². The van der Waals surface area contributed by atoms with Crippen LogP contribution in [0.4, 0.5) is 11.4 Å². The van der Waals surface area contributed by atoms with Crippen LogP contribution in [0.5, 0.6) is 0 Å². The largest absolute Gasteiger partial charge is 0.385 e. The standard InChI is InChI=1S/C20H31N3/c1-2-4-19(5-3-1)22-12-14-23(15-13-22)20-10-8-18(9-11-20)21-16-17-6-7-17/h8-11,17,19,21H,1-7,12-16H2. The topological polar surface area (TPSA) is 18.5 Å². The van der Waals surface area contributed by atoms with Gasteiger partial charge in [-0.3, -0.25) is 4.90 Å². The lowest BCUT2D eigenvalue weighted by Gasteiger charge is -2.41. The summed E-state index contributed by atoms with van der Waals surface area (Å²) in [5.41, 5.74) is 2.67. The van der Waals surface area contributed by atoms with Crippen LogP contribution in [0.3, 0.4) is 0 Å². The lowest BCUT2D eigenvalue weighted by Crippen LogP contribution is -2.50. The fraction of sp³-hybridized carbons (Fsp3) is 0.700. The third kappa shape index (κ3) is 4.00. The second-order valence-corrected chi connectivity index (χ2v) is 7.69. The Morgan fingerprint density at radius 3 is 2.17 bits per heavy atom. The second kappa shape index (κ2) is 7.12. The summed E-state index contributed by atoms with van der Waals surface area (Å²) in [6.45, 7) is 6.01. The maximum Gasteiger partial charge on any atom is 0.0368 e. The Morgan fingerprint density at radius 2 is 1.52 bits per heavy atom. The normalized spacial score (nSPS) is 23.9. The van der Waals surface area contributed by atoms with Gasteiger partial charge < -0.3 is 10.2 Å². The van der Waals surface area contributed by atoms with Gasteiger partial charge in [0.25, 0.3) is 0 Å². The van der Waals surface area contributed by atoms with Crippen LogP contribution in [0.1, 0.15) is 44.9 Å². The van der Waals surface area contributed by atoms with E-state index in [0.29, 0.717) is 0 Å². The summed E-state index contributed by atoms with van der Waals surface area (Å²) >= 11 is 0.